The number of hydrogen-bond donors (Lipinski definition) is 0. The lowest BCUT2D eigenvalue weighted by Crippen LogP contribution is -2.16. The van der Waals surface area contributed by atoms with Gasteiger partial charge < -0.3 is 4.57 Å². The van der Waals surface area contributed by atoms with Crippen molar-refractivity contribution in [2.24, 2.45) is 13.0 Å². The molecule has 1 saturated carbocycles. The first-order chi connectivity index (χ1) is 15.3. The van der Waals surface area contributed by atoms with Crippen molar-refractivity contribution >= 4 is 32.7 Å². The summed E-state index contributed by atoms with van der Waals surface area (Å²) in [6.07, 6.45) is 6.62. The first-order valence-electron chi connectivity index (χ1n) is 10.4. The highest BCUT2D eigenvalue weighted by molar-refractivity contribution is 7.93. The number of sulfone groups is 1. The van der Waals surface area contributed by atoms with Crippen molar-refractivity contribution in [1.82, 2.24) is 19.7 Å². The zero-order valence-corrected chi connectivity index (χ0v) is 19.6. The molecule has 0 bridgehead atoms. The van der Waals surface area contributed by atoms with Crippen LogP contribution in [-0.4, -0.2) is 39.7 Å². The van der Waals surface area contributed by atoms with E-state index in [2.05, 4.69) is 15.2 Å². The first-order valence-corrected chi connectivity index (χ1v) is 12.7. The second-order valence-corrected chi connectivity index (χ2v) is 11.4. The zero-order chi connectivity index (χ0) is 22.9. The lowest BCUT2D eigenvalue weighted by atomic mass is 9.90. The predicted molar refractivity (Wildman–Crippen MR) is 118 cm³/mol. The molecule has 1 aliphatic rings. The third-order valence-corrected chi connectivity index (χ3v) is 8.89. The minimum Gasteiger partial charge on any atom is -0.307 e. The summed E-state index contributed by atoms with van der Waals surface area (Å²) in [5.41, 5.74) is 2.34. The minimum atomic E-state index is -3.84. The van der Waals surface area contributed by atoms with Crippen molar-refractivity contribution in [3.63, 3.8) is 0 Å². The second kappa shape index (κ2) is 9.03. The molecule has 0 atom stereocenters. The van der Waals surface area contributed by atoms with E-state index in [9.17, 15) is 18.0 Å². The van der Waals surface area contributed by atoms with Crippen LogP contribution in [0.3, 0.4) is 0 Å². The standard InChI is InChI=1S/C22H24N4O4S2/c1-14-7-8-16(18(9-14)21(28)15-5-3-4-6-15)10-17(27)11-19-23-12-20(31-19)32(29,30)22-25-24-13-26(22)2/h7-9,12-13,15H,3-6,10-11H2,1-2H3. The van der Waals surface area contributed by atoms with Gasteiger partial charge in [-0.25, -0.2) is 13.4 Å². The third kappa shape index (κ3) is 4.56. The average molecular weight is 473 g/mol. The van der Waals surface area contributed by atoms with Crippen LogP contribution in [0.2, 0.25) is 0 Å². The van der Waals surface area contributed by atoms with E-state index in [1.165, 1.54) is 17.1 Å². The summed E-state index contributed by atoms with van der Waals surface area (Å²) in [5.74, 6) is 0.0459. The predicted octanol–water partition coefficient (Wildman–Crippen LogP) is 3.14. The van der Waals surface area contributed by atoms with Crippen LogP contribution in [0.5, 0.6) is 0 Å². The van der Waals surface area contributed by atoms with E-state index in [-0.39, 0.29) is 39.7 Å². The number of carbonyl (C=O) groups excluding carboxylic acids is 2. The van der Waals surface area contributed by atoms with Gasteiger partial charge in [-0.15, -0.1) is 21.5 Å². The Labute approximate surface area is 190 Å². The number of aryl methyl sites for hydroxylation is 2. The Bertz CT molecular complexity index is 1270. The quantitative estimate of drug-likeness (QED) is 0.463. The van der Waals surface area contributed by atoms with E-state index in [1.54, 1.807) is 7.05 Å². The molecular formula is C22H24N4O4S2. The molecule has 0 spiro atoms. The highest BCUT2D eigenvalue weighted by atomic mass is 32.2. The molecule has 4 rings (SSSR count). The maximum atomic E-state index is 13.0. The molecule has 0 N–H and O–H groups in total. The van der Waals surface area contributed by atoms with Crippen LogP contribution < -0.4 is 0 Å². The molecule has 1 aliphatic carbocycles. The number of carbonyl (C=O) groups is 2. The molecular weight excluding hydrogens is 448 g/mol. The van der Waals surface area contributed by atoms with Crippen molar-refractivity contribution in [3.8, 4) is 0 Å². The first kappa shape index (κ1) is 22.5. The number of hydrogen-bond acceptors (Lipinski definition) is 8. The molecule has 0 aliphatic heterocycles. The molecule has 32 heavy (non-hydrogen) atoms. The highest BCUT2D eigenvalue weighted by Gasteiger charge is 2.28. The minimum absolute atomic E-state index is 0.00391. The Kier molecular flexibility index (Phi) is 6.34. The van der Waals surface area contributed by atoms with E-state index in [4.69, 9.17) is 0 Å². The molecule has 0 amide bonds. The normalized spacial score (nSPS) is 14.7. The lowest BCUT2D eigenvalue weighted by Gasteiger charge is -2.13. The summed E-state index contributed by atoms with van der Waals surface area (Å²) in [5, 5.41) is 7.51. The number of benzene rings is 1. The summed E-state index contributed by atoms with van der Waals surface area (Å²) in [6, 6.07) is 5.63. The molecule has 2 heterocycles. The molecule has 168 valence electrons. The van der Waals surface area contributed by atoms with E-state index in [1.807, 2.05) is 25.1 Å². The van der Waals surface area contributed by atoms with Gasteiger partial charge in [0.2, 0.25) is 0 Å². The summed E-state index contributed by atoms with van der Waals surface area (Å²) < 4.78 is 26.8. The zero-order valence-electron chi connectivity index (χ0n) is 17.9. The van der Waals surface area contributed by atoms with Crippen molar-refractivity contribution in [2.75, 3.05) is 0 Å². The Hall–Kier alpha value is -2.72. The molecule has 2 aromatic heterocycles. The van der Waals surface area contributed by atoms with E-state index in [0.29, 0.717) is 10.6 Å². The third-order valence-electron chi connectivity index (χ3n) is 5.70. The fourth-order valence-corrected chi connectivity index (χ4v) is 6.61. The molecule has 1 aromatic carbocycles. The maximum Gasteiger partial charge on any atom is 0.255 e. The molecule has 0 radical (unpaired) electrons. The van der Waals surface area contributed by atoms with Gasteiger partial charge in [-0.3, -0.25) is 9.59 Å². The topological polar surface area (TPSA) is 112 Å². The van der Waals surface area contributed by atoms with Crippen LogP contribution in [0.15, 0.2) is 40.1 Å². The fraction of sp³-hybridized carbons (Fsp3) is 0.409. The van der Waals surface area contributed by atoms with Crippen molar-refractivity contribution in [3.05, 3.63) is 52.4 Å². The van der Waals surface area contributed by atoms with Gasteiger partial charge in [-0.05, 0) is 31.4 Å². The SMILES string of the molecule is Cc1ccc(CC(=O)Cc2ncc(S(=O)(=O)c3nncn3C)s2)c(C(=O)C2CCCC2)c1. The number of aromatic nitrogens is 4. The van der Waals surface area contributed by atoms with Crippen molar-refractivity contribution in [2.45, 2.75) is 54.8 Å². The molecule has 8 nitrogen and oxygen atoms in total. The van der Waals surface area contributed by atoms with Gasteiger partial charge in [-0.2, -0.15) is 0 Å². The number of ketones is 2. The Morgan fingerprint density at radius 3 is 2.62 bits per heavy atom. The van der Waals surface area contributed by atoms with Crippen LogP contribution in [0.1, 0.15) is 52.2 Å². The van der Waals surface area contributed by atoms with Crippen LogP contribution in [-0.2, 0) is 34.5 Å². The number of rotatable bonds is 8. The molecule has 10 heteroatoms. The number of thiazole rings is 1. The van der Waals surface area contributed by atoms with Gasteiger partial charge in [-0.1, -0.05) is 30.5 Å². The molecule has 0 unspecified atom stereocenters. The van der Waals surface area contributed by atoms with Gasteiger partial charge in [0, 0.05) is 24.9 Å². The maximum absolute atomic E-state index is 13.0. The Morgan fingerprint density at radius 1 is 1.19 bits per heavy atom. The fourth-order valence-electron chi connectivity index (χ4n) is 4.03. The van der Waals surface area contributed by atoms with Gasteiger partial charge in [0.1, 0.15) is 21.3 Å². The highest BCUT2D eigenvalue weighted by Crippen LogP contribution is 2.30. The molecule has 1 fully saturated rings. The van der Waals surface area contributed by atoms with Gasteiger partial charge in [0.05, 0.1) is 12.6 Å². The smallest absolute Gasteiger partial charge is 0.255 e. The monoisotopic (exact) mass is 472 g/mol. The second-order valence-electron chi connectivity index (χ2n) is 8.20. The lowest BCUT2D eigenvalue weighted by molar-refractivity contribution is -0.117. The Morgan fingerprint density at radius 2 is 1.94 bits per heavy atom. The van der Waals surface area contributed by atoms with Gasteiger partial charge in [0.25, 0.3) is 15.0 Å². The van der Waals surface area contributed by atoms with Gasteiger partial charge >= 0.3 is 0 Å². The van der Waals surface area contributed by atoms with Gasteiger partial charge in [0.15, 0.2) is 5.78 Å². The van der Waals surface area contributed by atoms with Crippen LogP contribution >= 0.6 is 11.3 Å². The van der Waals surface area contributed by atoms with Crippen molar-refractivity contribution in [1.29, 1.82) is 0 Å². The van der Waals surface area contributed by atoms with Crippen LogP contribution in [0.25, 0.3) is 0 Å². The van der Waals surface area contributed by atoms with E-state index >= 15 is 0 Å². The van der Waals surface area contributed by atoms with Crippen molar-refractivity contribution < 1.29 is 18.0 Å². The summed E-state index contributed by atoms with van der Waals surface area (Å²) in [4.78, 5) is 29.9. The largest absolute Gasteiger partial charge is 0.307 e. The number of Topliss-reactive ketones (excluding diaryl/α,β-unsaturated/α-hetero) is 2. The average Bonchev–Trinajstić information content (AvgIpc) is 3.50. The molecule has 0 saturated heterocycles. The van der Waals surface area contributed by atoms with Crippen LogP contribution in [0.4, 0.5) is 0 Å². The summed E-state index contributed by atoms with van der Waals surface area (Å²) in [7, 11) is -2.30. The summed E-state index contributed by atoms with van der Waals surface area (Å²) >= 11 is 0.951. The van der Waals surface area contributed by atoms with E-state index in [0.717, 1.165) is 48.1 Å². The summed E-state index contributed by atoms with van der Waals surface area (Å²) in [6.45, 7) is 1.94. The van der Waals surface area contributed by atoms with E-state index < -0.39 is 9.84 Å². The number of nitrogens with zero attached hydrogens (tertiary/aromatic N) is 4. The molecule has 3 aromatic rings. The Balaban J connectivity index is 1.50. The van der Waals surface area contributed by atoms with Crippen LogP contribution in [0, 0.1) is 12.8 Å².